The van der Waals surface area contributed by atoms with Crippen molar-refractivity contribution in [1.82, 2.24) is 5.32 Å². The van der Waals surface area contributed by atoms with E-state index in [1.54, 1.807) is 24.3 Å². The summed E-state index contributed by atoms with van der Waals surface area (Å²) >= 11 is 0. The minimum atomic E-state index is -0.346. The smallest absolute Gasteiger partial charge is 0.251 e. The molecule has 2 N–H and O–H groups in total. The summed E-state index contributed by atoms with van der Waals surface area (Å²) in [5, 5.41) is 13.0. The molecule has 1 unspecified atom stereocenters. The summed E-state index contributed by atoms with van der Waals surface area (Å²) in [5.74, 6) is -0.346. The van der Waals surface area contributed by atoms with Crippen LogP contribution < -0.4 is 10.2 Å². The van der Waals surface area contributed by atoms with Crippen LogP contribution in [0.25, 0.3) is 0 Å². The minimum Gasteiger partial charge on any atom is -0.508 e. The van der Waals surface area contributed by atoms with Crippen LogP contribution in [0, 0.1) is 5.82 Å². The number of carbonyl (C=O) groups is 1. The Morgan fingerprint density at radius 1 is 1.15 bits per heavy atom. The highest BCUT2D eigenvalue weighted by Gasteiger charge is 2.24. The number of aromatic hydroxyl groups is 1. The summed E-state index contributed by atoms with van der Waals surface area (Å²) < 4.78 is 14.5. The van der Waals surface area contributed by atoms with Gasteiger partial charge in [-0.3, -0.25) is 4.79 Å². The largest absolute Gasteiger partial charge is 0.508 e. The SMILES string of the molecule is O=C(NC1CCCc2c(O)cccc21)c1ccc(N2CCCC2)c(F)c1. The maximum absolute atomic E-state index is 14.5. The number of hydrogen-bond acceptors (Lipinski definition) is 3. The highest BCUT2D eigenvalue weighted by Crippen LogP contribution is 2.35. The molecule has 4 nitrogen and oxygen atoms in total. The zero-order chi connectivity index (χ0) is 18.1. The van der Waals surface area contributed by atoms with Gasteiger partial charge in [-0.15, -0.1) is 0 Å². The molecule has 0 bridgehead atoms. The lowest BCUT2D eigenvalue weighted by Gasteiger charge is -2.27. The Morgan fingerprint density at radius 2 is 1.96 bits per heavy atom. The predicted molar refractivity (Wildman–Crippen MR) is 99.1 cm³/mol. The molecule has 2 aromatic carbocycles. The van der Waals surface area contributed by atoms with E-state index < -0.39 is 0 Å². The molecule has 1 saturated heterocycles. The van der Waals surface area contributed by atoms with E-state index >= 15 is 0 Å². The molecule has 2 aliphatic rings. The Hall–Kier alpha value is -2.56. The lowest BCUT2D eigenvalue weighted by Crippen LogP contribution is -2.31. The first kappa shape index (κ1) is 16.9. The third-order valence-corrected chi connectivity index (χ3v) is 5.44. The van der Waals surface area contributed by atoms with Crippen molar-refractivity contribution < 1.29 is 14.3 Å². The summed E-state index contributed by atoms with van der Waals surface area (Å²) in [6.45, 7) is 1.73. The van der Waals surface area contributed by atoms with Gasteiger partial charge in [0.2, 0.25) is 0 Å². The van der Waals surface area contributed by atoms with Gasteiger partial charge in [0.1, 0.15) is 11.6 Å². The highest BCUT2D eigenvalue weighted by atomic mass is 19.1. The van der Waals surface area contributed by atoms with Gasteiger partial charge >= 0.3 is 0 Å². The number of phenols is 1. The fourth-order valence-corrected chi connectivity index (χ4v) is 4.08. The second kappa shape index (κ2) is 6.98. The number of amides is 1. The van der Waals surface area contributed by atoms with E-state index in [4.69, 9.17) is 0 Å². The van der Waals surface area contributed by atoms with E-state index in [0.717, 1.165) is 56.3 Å². The van der Waals surface area contributed by atoms with E-state index in [2.05, 4.69) is 5.32 Å². The lowest BCUT2D eigenvalue weighted by molar-refractivity contribution is 0.0932. The molecule has 1 aliphatic heterocycles. The number of hydrogen-bond donors (Lipinski definition) is 2. The number of carbonyl (C=O) groups excluding carboxylic acids is 1. The standard InChI is InChI=1S/C21H23FN2O2/c22-17-13-14(9-10-19(17)24-11-1-2-12-24)21(26)23-18-7-3-6-16-15(18)5-4-8-20(16)25/h4-5,8-10,13,18,25H,1-3,6-7,11-12H2,(H,23,26). The molecule has 1 atom stereocenters. The number of nitrogens with one attached hydrogen (secondary N) is 1. The number of phenolic OH excluding ortho intramolecular Hbond substituents is 1. The number of anilines is 1. The highest BCUT2D eigenvalue weighted by molar-refractivity contribution is 5.95. The average molecular weight is 354 g/mol. The summed E-state index contributed by atoms with van der Waals surface area (Å²) in [6, 6.07) is 9.98. The number of nitrogens with zero attached hydrogens (tertiary/aromatic N) is 1. The molecule has 0 aromatic heterocycles. The normalized spacial score (nSPS) is 19.3. The molecule has 2 aromatic rings. The summed E-state index contributed by atoms with van der Waals surface area (Å²) in [5.41, 5.74) is 2.77. The van der Waals surface area contributed by atoms with Crippen LogP contribution in [-0.4, -0.2) is 24.1 Å². The zero-order valence-corrected chi connectivity index (χ0v) is 14.7. The van der Waals surface area contributed by atoms with Gasteiger partial charge in [0.15, 0.2) is 0 Å². The molecule has 1 heterocycles. The molecule has 0 saturated carbocycles. The summed E-state index contributed by atoms with van der Waals surface area (Å²) in [6.07, 6.45) is 4.69. The van der Waals surface area contributed by atoms with E-state index in [1.807, 2.05) is 11.0 Å². The Balaban J connectivity index is 1.52. The van der Waals surface area contributed by atoms with Gasteiger partial charge in [0.25, 0.3) is 5.91 Å². The summed E-state index contributed by atoms with van der Waals surface area (Å²) in [4.78, 5) is 14.7. The van der Waals surface area contributed by atoms with Gasteiger partial charge in [-0.2, -0.15) is 0 Å². The fourth-order valence-electron chi connectivity index (χ4n) is 4.08. The molecular weight excluding hydrogens is 331 g/mol. The molecular formula is C21H23FN2O2. The monoisotopic (exact) mass is 354 g/mol. The third-order valence-electron chi connectivity index (χ3n) is 5.44. The van der Waals surface area contributed by atoms with Crippen molar-refractivity contribution in [2.24, 2.45) is 0 Å². The summed E-state index contributed by atoms with van der Waals surface area (Å²) in [7, 11) is 0. The van der Waals surface area contributed by atoms with Crippen molar-refractivity contribution in [2.75, 3.05) is 18.0 Å². The van der Waals surface area contributed by atoms with Gasteiger partial charge < -0.3 is 15.3 Å². The van der Waals surface area contributed by atoms with Crippen LogP contribution in [0.4, 0.5) is 10.1 Å². The fraction of sp³-hybridized carbons (Fsp3) is 0.381. The van der Waals surface area contributed by atoms with E-state index in [-0.39, 0.29) is 23.5 Å². The van der Waals surface area contributed by atoms with Crippen LogP contribution >= 0.6 is 0 Å². The van der Waals surface area contributed by atoms with E-state index in [1.165, 1.54) is 6.07 Å². The van der Waals surface area contributed by atoms with Gasteiger partial charge in [0.05, 0.1) is 11.7 Å². The van der Waals surface area contributed by atoms with Crippen molar-refractivity contribution >= 4 is 11.6 Å². The van der Waals surface area contributed by atoms with E-state index in [0.29, 0.717) is 11.3 Å². The van der Waals surface area contributed by atoms with E-state index in [9.17, 15) is 14.3 Å². The molecule has 1 aliphatic carbocycles. The van der Waals surface area contributed by atoms with Crippen molar-refractivity contribution in [3.63, 3.8) is 0 Å². The van der Waals surface area contributed by atoms with Crippen LogP contribution in [-0.2, 0) is 6.42 Å². The van der Waals surface area contributed by atoms with Crippen LogP contribution in [0.5, 0.6) is 5.75 Å². The molecule has 26 heavy (non-hydrogen) atoms. The number of halogens is 1. The van der Waals surface area contributed by atoms with Gasteiger partial charge in [0, 0.05) is 18.7 Å². The van der Waals surface area contributed by atoms with Crippen LogP contribution in [0.15, 0.2) is 36.4 Å². The molecule has 4 rings (SSSR count). The number of rotatable bonds is 3. The van der Waals surface area contributed by atoms with Gasteiger partial charge in [-0.1, -0.05) is 12.1 Å². The Labute approximate surface area is 152 Å². The van der Waals surface area contributed by atoms with Gasteiger partial charge in [-0.25, -0.2) is 4.39 Å². The lowest BCUT2D eigenvalue weighted by atomic mass is 9.87. The quantitative estimate of drug-likeness (QED) is 0.878. The van der Waals surface area contributed by atoms with Gasteiger partial charge in [-0.05, 0) is 67.5 Å². The third kappa shape index (κ3) is 3.14. The molecule has 1 amide bonds. The Morgan fingerprint density at radius 3 is 2.73 bits per heavy atom. The van der Waals surface area contributed by atoms with Crippen LogP contribution in [0.2, 0.25) is 0 Å². The van der Waals surface area contributed by atoms with Crippen LogP contribution in [0.3, 0.4) is 0 Å². The topological polar surface area (TPSA) is 52.6 Å². The minimum absolute atomic E-state index is 0.153. The molecule has 1 fully saturated rings. The predicted octanol–water partition coefficient (Wildman–Crippen LogP) is 3.94. The maximum atomic E-state index is 14.5. The van der Waals surface area contributed by atoms with Crippen molar-refractivity contribution in [2.45, 2.75) is 38.1 Å². The molecule has 0 spiro atoms. The number of benzene rings is 2. The zero-order valence-electron chi connectivity index (χ0n) is 14.7. The maximum Gasteiger partial charge on any atom is 0.251 e. The molecule has 136 valence electrons. The average Bonchev–Trinajstić information content (AvgIpc) is 3.17. The second-order valence-electron chi connectivity index (χ2n) is 7.12. The first-order valence-corrected chi connectivity index (χ1v) is 9.29. The van der Waals surface area contributed by atoms with Crippen molar-refractivity contribution in [3.05, 3.63) is 58.9 Å². The Kier molecular flexibility index (Phi) is 4.53. The Bertz CT molecular complexity index is 831. The first-order chi connectivity index (χ1) is 12.6. The molecule has 0 radical (unpaired) electrons. The second-order valence-corrected chi connectivity index (χ2v) is 7.12. The van der Waals surface area contributed by atoms with Crippen molar-refractivity contribution in [1.29, 1.82) is 0 Å². The number of fused-ring (bicyclic) bond motifs is 1. The van der Waals surface area contributed by atoms with Crippen molar-refractivity contribution in [3.8, 4) is 5.75 Å². The molecule has 5 heteroatoms. The van der Waals surface area contributed by atoms with Crippen LogP contribution in [0.1, 0.15) is 53.2 Å². The first-order valence-electron chi connectivity index (χ1n) is 9.29.